The van der Waals surface area contributed by atoms with Gasteiger partial charge in [0.25, 0.3) is 5.69 Å². The maximum absolute atomic E-state index is 11.2. The summed E-state index contributed by atoms with van der Waals surface area (Å²) in [6.45, 7) is 4.05. The smallest absolute Gasteiger partial charge is 0.274 e. The number of hydrogen-bond donors (Lipinski definition) is 1. The molecule has 0 saturated heterocycles. The van der Waals surface area contributed by atoms with E-state index in [1.807, 2.05) is 38.1 Å². The van der Waals surface area contributed by atoms with Gasteiger partial charge in [-0.15, -0.1) is 0 Å². The van der Waals surface area contributed by atoms with Gasteiger partial charge >= 0.3 is 0 Å². The van der Waals surface area contributed by atoms with E-state index in [1.165, 1.54) is 6.07 Å². The Kier molecular flexibility index (Phi) is 4.30. The highest BCUT2D eigenvalue weighted by atomic mass is 16.6. The molecule has 0 radical (unpaired) electrons. The minimum atomic E-state index is -0.342. The fraction of sp³-hybridized carbons (Fsp3) is 0.267. The fourth-order valence-electron chi connectivity index (χ4n) is 2.13. The van der Waals surface area contributed by atoms with Crippen LogP contribution >= 0.6 is 0 Å². The number of anilines is 1. The number of aromatic nitrogens is 1. The normalized spacial score (nSPS) is 12.2. The van der Waals surface area contributed by atoms with E-state index in [-0.39, 0.29) is 22.6 Å². The number of benzene rings is 1. The van der Waals surface area contributed by atoms with Gasteiger partial charge in [-0.05, 0) is 18.1 Å². The molecular weight excluding hydrogens is 254 g/mol. The molecule has 1 atom stereocenters. The fourth-order valence-corrected chi connectivity index (χ4v) is 2.13. The van der Waals surface area contributed by atoms with Crippen molar-refractivity contribution < 1.29 is 4.92 Å². The molecule has 1 N–H and O–H groups in total. The Labute approximate surface area is 117 Å². The zero-order valence-corrected chi connectivity index (χ0v) is 11.5. The molecule has 0 saturated carbocycles. The van der Waals surface area contributed by atoms with Crippen LogP contribution in [0, 0.1) is 16.0 Å². The van der Waals surface area contributed by atoms with Gasteiger partial charge < -0.3 is 5.32 Å². The first-order chi connectivity index (χ1) is 9.59. The summed E-state index contributed by atoms with van der Waals surface area (Å²) in [5.74, 6) is 0.905. The van der Waals surface area contributed by atoms with Crippen molar-refractivity contribution in [3.05, 3.63) is 64.3 Å². The maximum atomic E-state index is 11.2. The molecule has 0 fully saturated rings. The summed E-state index contributed by atoms with van der Waals surface area (Å²) in [5, 5.41) is 14.4. The molecule has 104 valence electrons. The summed E-state index contributed by atoms with van der Waals surface area (Å²) in [7, 11) is 0. The second kappa shape index (κ2) is 6.14. The molecular formula is C15H17N3O2. The molecule has 2 rings (SSSR count). The van der Waals surface area contributed by atoms with Gasteiger partial charge in [0.05, 0.1) is 16.5 Å². The van der Waals surface area contributed by atoms with Crippen LogP contribution in [0.1, 0.15) is 25.5 Å². The van der Waals surface area contributed by atoms with Crippen LogP contribution in [0.25, 0.3) is 0 Å². The largest absolute Gasteiger partial charge is 0.363 e. The molecule has 0 amide bonds. The number of hydrogen-bond acceptors (Lipinski definition) is 4. The minimum absolute atomic E-state index is 0.134. The number of nitrogens with zero attached hydrogens (tertiary/aromatic N) is 2. The van der Waals surface area contributed by atoms with Crippen LogP contribution in [0.2, 0.25) is 0 Å². The quantitative estimate of drug-likeness (QED) is 0.663. The first kappa shape index (κ1) is 14.0. The average molecular weight is 271 g/mol. The molecule has 0 spiro atoms. The number of pyridine rings is 1. The van der Waals surface area contributed by atoms with Gasteiger partial charge in [-0.2, -0.15) is 0 Å². The van der Waals surface area contributed by atoms with Crippen LogP contribution in [-0.4, -0.2) is 9.91 Å². The lowest BCUT2D eigenvalue weighted by atomic mass is 9.94. The summed E-state index contributed by atoms with van der Waals surface area (Å²) in [6, 6.07) is 12.2. The van der Waals surface area contributed by atoms with Gasteiger partial charge in [-0.1, -0.05) is 38.1 Å². The highest BCUT2D eigenvalue weighted by Crippen LogP contribution is 2.32. The molecule has 2 aromatic rings. The van der Waals surface area contributed by atoms with E-state index in [0.29, 0.717) is 11.4 Å². The van der Waals surface area contributed by atoms with Crippen LogP contribution in [0.3, 0.4) is 0 Å². The Morgan fingerprint density at radius 1 is 1.15 bits per heavy atom. The first-order valence-electron chi connectivity index (χ1n) is 6.50. The number of rotatable bonds is 5. The van der Waals surface area contributed by atoms with Gasteiger partial charge in [0.1, 0.15) is 5.82 Å². The molecule has 5 nitrogen and oxygen atoms in total. The summed E-state index contributed by atoms with van der Waals surface area (Å²) in [4.78, 5) is 15.0. The number of nitro groups is 1. The van der Waals surface area contributed by atoms with Crippen molar-refractivity contribution in [3.8, 4) is 0 Å². The summed E-state index contributed by atoms with van der Waals surface area (Å²) in [5.41, 5.74) is 0.813. The van der Waals surface area contributed by atoms with Crippen LogP contribution < -0.4 is 5.32 Å². The van der Waals surface area contributed by atoms with Crippen LogP contribution in [0.4, 0.5) is 11.5 Å². The molecule has 0 bridgehead atoms. The summed E-state index contributed by atoms with van der Waals surface area (Å²) >= 11 is 0. The lowest BCUT2D eigenvalue weighted by Gasteiger charge is -2.23. The van der Waals surface area contributed by atoms with Gasteiger partial charge in [-0.25, -0.2) is 4.98 Å². The monoisotopic (exact) mass is 271 g/mol. The highest BCUT2D eigenvalue weighted by molar-refractivity contribution is 5.47. The van der Waals surface area contributed by atoms with Gasteiger partial charge in [0, 0.05) is 12.3 Å². The topological polar surface area (TPSA) is 68.1 Å². The second-order valence-corrected chi connectivity index (χ2v) is 4.90. The zero-order valence-electron chi connectivity index (χ0n) is 11.5. The Bertz CT molecular complexity index is 585. The van der Waals surface area contributed by atoms with Crippen molar-refractivity contribution in [2.24, 2.45) is 5.92 Å². The van der Waals surface area contributed by atoms with Crippen LogP contribution in [0.15, 0.2) is 48.7 Å². The van der Waals surface area contributed by atoms with Crippen molar-refractivity contribution in [1.82, 2.24) is 4.98 Å². The highest BCUT2D eigenvalue weighted by Gasteiger charge is 2.24. The van der Waals surface area contributed by atoms with E-state index in [9.17, 15) is 10.1 Å². The third kappa shape index (κ3) is 3.12. The molecule has 1 heterocycles. The van der Waals surface area contributed by atoms with E-state index in [0.717, 1.165) is 0 Å². The van der Waals surface area contributed by atoms with Crippen LogP contribution in [-0.2, 0) is 0 Å². The third-order valence-corrected chi connectivity index (χ3v) is 3.10. The van der Waals surface area contributed by atoms with Gasteiger partial charge in [0.2, 0.25) is 0 Å². The van der Waals surface area contributed by atoms with Crippen molar-refractivity contribution in [3.63, 3.8) is 0 Å². The Hall–Kier alpha value is -2.43. The molecule has 1 aromatic carbocycles. The lowest BCUT2D eigenvalue weighted by molar-refractivity contribution is -0.385. The van der Waals surface area contributed by atoms with E-state index in [1.54, 1.807) is 18.3 Å². The minimum Gasteiger partial charge on any atom is -0.363 e. The predicted molar refractivity (Wildman–Crippen MR) is 78.5 cm³/mol. The van der Waals surface area contributed by atoms with E-state index < -0.39 is 0 Å². The van der Waals surface area contributed by atoms with E-state index in [4.69, 9.17) is 0 Å². The molecule has 0 aliphatic rings. The Balaban J connectivity index is 2.37. The van der Waals surface area contributed by atoms with Crippen molar-refractivity contribution >= 4 is 11.5 Å². The standard InChI is InChI=1S/C15H17N3O2/c1-11(2)15(17-14-9-5-6-10-16-14)12-7-3-4-8-13(12)18(19)20/h3-11,15H,1-2H3,(H,16,17). The van der Waals surface area contributed by atoms with Crippen molar-refractivity contribution in [1.29, 1.82) is 0 Å². The van der Waals surface area contributed by atoms with Crippen molar-refractivity contribution in [2.75, 3.05) is 5.32 Å². The van der Waals surface area contributed by atoms with Gasteiger partial charge in [0.15, 0.2) is 0 Å². The molecule has 20 heavy (non-hydrogen) atoms. The summed E-state index contributed by atoms with van der Waals surface area (Å²) < 4.78 is 0. The van der Waals surface area contributed by atoms with E-state index >= 15 is 0 Å². The van der Waals surface area contributed by atoms with Crippen LogP contribution in [0.5, 0.6) is 0 Å². The SMILES string of the molecule is CC(C)C(Nc1ccccn1)c1ccccc1[N+](=O)[O-]. The maximum Gasteiger partial charge on any atom is 0.274 e. The Morgan fingerprint density at radius 3 is 2.45 bits per heavy atom. The third-order valence-electron chi connectivity index (χ3n) is 3.10. The molecule has 0 aliphatic carbocycles. The number of nitrogens with one attached hydrogen (secondary N) is 1. The lowest BCUT2D eigenvalue weighted by Crippen LogP contribution is -2.18. The second-order valence-electron chi connectivity index (χ2n) is 4.90. The van der Waals surface area contributed by atoms with E-state index in [2.05, 4.69) is 10.3 Å². The molecule has 5 heteroatoms. The zero-order chi connectivity index (χ0) is 14.5. The first-order valence-corrected chi connectivity index (χ1v) is 6.50. The molecule has 1 unspecified atom stereocenters. The van der Waals surface area contributed by atoms with Gasteiger partial charge in [-0.3, -0.25) is 10.1 Å². The number of para-hydroxylation sites is 1. The predicted octanol–water partition coefficient (Wildman–Crippen LogP) is 3.80. The number of nitro benzene ring substituents is 1. The van der Waals surface area contributed by atoms with Crippen molar-refractivity contribution in [2.45, 2.75) is 19.9 Å². The molecule has 0 aliphatic heterocycles. The Morgan fingerprint density at radius 2 is 1.85 bits per heavy atom. The summed E-state index contributed by atoms with van der Waals surface area (Å²) in [6.07, 6.45) is 1.69. The molecule has 1 aromatic heterocycles. The average Bonchev–Trinajstić information content (AvgIpc) is 2.45.